The van der Waals surface area contributed by atoms with Crippen LogP contribution in [0.1, 0.15) is 12.0 Å². The number of aromatic nitrogens is 4. The number of oxazole rings is 1. The van der Waals surface area contributed by atoms with Crippen molar-refractivity contribution in [1.82, 2.24) is 24.4 Å². The van der Waals surface area contributed by atoms with E-state index in [1.165, 1.54) is 0 Å². The molecule has 0 unspecified atom stereocenters. The maximum atomic E-state index is 12.2. The first-order valence-electron chi connectivity index (χ1n) is 9.73. The maximum Gasteiger partial charge on any atom is 0.421 e. The van der Waals surface area contributed by atoms with Gasteiger partial charge in [-0.2, -0.15) is 0 Å². The first kappa shape index (κ1) is 19.8. The van der Waals surface area contributed by atoms with Crippen molar-refractivity contribution in [3.63, 3.8) is 0 Å². The van der Waals surface area contributed by atoms with Crippen LogP contribution in [0.4, 0.5) is 0 Å². The lowest BCUT2D eigenvalue weighted by Gasteiger charge is -2.10. The molecule has 4 aromatic rings. The lowest BCUT2D eigenvalue weighted by molar-refractivity contribution is 0.280. The van der Waals surface area contributed by atoms with Crippen LogP contribution < -0.4 is 10.5 Å². The summed E-state index contributed by atoms with van der Waals surface area (Å²) in [4.78, 5) is 27.3. The molecule has 0 aliphatic rings. The number of benzene rings is 1. The Morgan fingerprint density at radius 1 is 1.10 bits per heavy atom. The van der Waals surface area contributed by atoms with Gasteiger partial charge >= 0.3 is 5.76 Å². The second kappa shape index (κ2) is 8.87. The molecule has 0 aliphatic carbocycles. The predicted molar refractivity (Wildman–Crippen MR) is 114 cm³/mol. The quantitative estimate of drug-likeness (QED) is 0.417. The standard InChI is InChI=1S/C22H23N5O3/c1-26(2)10-5-11-29-18-13-24-20(25-14-18)17-7-3-6-16(12-17)15-27-19-8-4-9-23-21(19)30-22(27)28/h3-4,6-9,12-14H,5,10-11,15H2,1-2H3. The molecule has 154 valence electrons. The van der Waals surface area contributed by atoms with Gasteiger partial charge in [0.15, 0.2) is 11.6 Å². The molecule has 4 rings (SSSR count). The Balaban J connectivity index is 1.48. The molecule has 0 spiro atoms. The van der Waals surface area contributed by atoms with Gasteiger partial charge in [0.05, 0.1) is 25.5 Å². The molecule has 0 saturated heterocycles. The van der Waals surface area contributed by atoms with E-state index in [0.29, 0.717) is 36.0 Å². The van der Waals surface area contributed by atoms with Crippen LogP contribution in [0.5, 0.6) is 5.75 Å². The Hall–Kier alpha value is -3.52. The molecule has 8 heteroatoms. The third-order valence-corrected chi connectivity index (χ3v) is 4.62. The zero-order valence-electron chi connectivity index (χ0n) is 17.0. The maximum absolute atomic E-state index is 12.2. The van der Waals surface area contributed by atoms with E-state index in [2.05, 4.69) is 19.9 Å². The molecule has 3 aromatic heterocycles. The molecule has 0 fully saturated rings. The summed E-state index contributed by atoms with van der Waals surface area (Å²) in [6.07, 6.45) is 5.91. The smallest absolute Gasteiger partial charge is 0.421 e. The van der Waals surface area contributed by atoms with Gasteiger partial charge in [-0.3, -0.25) is 4.57 Å². The number of ether oxygens (including phenoxy) is 1. The van der Waals surface area contributed by atoms with Crippen molar-refractivity contribution in [3.05, 3.63) is 71.1 Å². The van der Waals surface area contributed by atoms with E-state index in [1.54, 1.807) is 29.2 Å². The van der Waals surface area contributed by atoms with Crippen LogP contribution in [0.25, 0.3) is 22.6 Å². The van der Waals surface area contributed by atoms with E-state index in [0.717, 1.165) is 24.1 Å². The minimum absolute atomic E-state index is 0.336. The Kier molecular flexibility index (Phi) is 5.85. The molecule has 0 bridgehead atoms. The molecule has 8 nitrogen and oxygen atoms in total. The molecule has 0 saturated carbocycles. The number of pyridine rings is 1. The third-order valence-electron chi connectivity index (χ3n) is 4.62. The lowest BCUT2D eigenvalue weighted by atomic mass is 10.1. The third kappa shape index (κ3) is 4.55. The van der Waals surface area contributed by atoms with Crippen LogP contribution in [0, 0.1) is 0 Å². The summed E-state index contributed by atoms with van der Waals surface area (Å²) < 4.78 is 12.5. The van der Waals surface area contributed by atoms with Crippen molar-refractivity contribution in [2.75, 3.05) is 27.2 Å². The fraction of sp³-hybridized carbons (Fsp3) is 0.273. The number of fused-ring (bicyclic) bond motifs is 1. The molecule has 30 heavy (non-hydrogen) atoms. The highest BCUT2D eigenvalue weighted by atomic mass is 16.5. The number of nitrogens with zero attached hydrogens (tertiary/aromatic N) is 5. The topological polar surface area (TPSA) is 86.3 Å². The Morgan fingerprint density at radius 2 is 1.93 bits per heavy atom. The summed E-state index contributed by atoms with van der Waals surface area (Å²) in [6, 6.07) is 11.4. The van der Waals surface area contributed by atoms with E-state index in [9.17, 15) is 4.79 Å². The van der Waals surface area contributed by atoms with Gasteiger partial charge in [-0.25, -0.2) is 19.7 Å². The van der Waals surface area contributed by atoms with Crippen molar-refractivity contribution in [3.8, 4) is 17.1 Å². The highest BCUT2D eigenvalue weighted by molar-refractivity contribution is 5.68. The first-order chi connectivity index (χ1) is 14.6. The number of hydrogen-bond acceptors (Lipinski definition) is 7. The normalized spacial score (nSPS) is 11.3. The first-order valence-corrected chi connectivity index (χ1v) is 9.73. The second-order valence-corrected chi connectivity index (χ2v) is 7.23. The van der Waals surface area contributed by atoms with E-state index in [1.807, 2.05) is 44.4 Å². The highest BCUT2D eigenvalue weighted by Crippen LogP contribution is 2.19. The van der Waals surface area contributed by atoms with Crippen molar-refractivity contribution in [2.45, 2.75) is 13.0 Å². The molecule has 0 aliphatic heterocycles. The van der Waals surface area contributed by atoms with E-state index >= 15 is 0 Å². The van der Waals surface area contributed by atoms with Crippen LogP contribution in [-0.2, 0) is 6.54 Å². The molecule has 0 N–H and O–H groups in total. The Labute approximate surface area is 173 Å². The molecule has 1 aromatic carbocycles. The van der Waals surface area contributed by atoms with E-state index in [4.69, 9.17) is 9.15 Å². The van der Waals surface area contributed by atoms with Gasteiger partial charge in [0.25, 0.3) is 0 Å². The van der Waals surface area contributed by atoms with Crippen LogP contribution in [0.3, 0.4) is 0 Å². The molecule has 0 amide bonds. The summed E-state index contributed by atoms with van der Waals surface area (Å²) in [6.45, 7) is 1.97. The van der Waals surface area contributed by atoms with Gasteiger partial charge in [-0.15, -0.1) is 0 Å². The zero-order chi connectivity index (χ0) is 20.9. The lowest BCUT2D eigenvalue weighted by Crippen LogP contribution is -2.15. The SMILES string of the molecule is CN(C)CCCOc1cnc(-c2cccc(Cn3c(=O)oc4ncccc43)c2)nc1. The summed E-state index contributed by atoms with van der Waals surface area (Å²) in [5.41, 5.74) is 2.81. The van der Waals surface area contributed by atoms with Gasteiger partial charge in [0.1, 0.15) is 5.52 Å². The van der Waals surface area contributed by atoms with Crippen LogP contribution >= 0.6 is 0 Å². The molecular formula is C22H23N5O3. The van der Waals surface area contributed by atoms with Crippen LogP contribution in [-0.4, -0.2) is 51.7 Å². The van der Waals surface area contributed by atoms with Gasteiger partial charge in [0.2, 0.25) is 5.71 Å². The van der Waals surface area contributed by atoms with E-state index < -0.39 is 5.76 Å². The molecule has 3 heterocycles. The minimum atomic E-state index is -0.430. The van der Waals surface area contributed by atoms with Gasteiger partial charge < -0.3 is 14.1 Å². The summed E-state index contributed by atoms with van der Waals surface area (Å²) in [5, 5.41) is 0. The number of hydrogen-bond donors (Lipinski definition) is 0. The minimum Gasteiger partial charge on any atom is -0.490 e. The molecule has 0 radical (unpaired) electrons. The molecule has 0 atom stereocenters. The van der Waals surface area contributed by atoms with Crippen molar-refractivity contribution >= 4 is 11.2 Å². The van der Waals surface area contributed by atoms with Crippen molar-refractivity contribution in [1.29, 1.82) is 0 Å². The summed E-state index contributed by atoms with van der Waals surface area (Å²) in [5.74, 6) is 0.822. The average molecular weight is 405 g/mol. The number of rotatable bonds is 8. The van der Waals surface area contributed by atoms with Gasteiger partial charge in [0, 0.05) is 18.3 Å². The summed E-state index contributed by atoms with van der Waals surface area (Å²) >= 11 is 0. The Bertz CT molecular complexity index is 1180. The molecular weight excluding hydrogens is 382 g/mol. The van der Waals surface area contributed by atoms with Gasteiger partial charge in [-0.1, -0.05) is 18.2 Å². The zero-order valence-corrected chi connectivity index (χ0v) is 17.0. The van der Waals surface area contributed by atoms with Crippen molar-refractivity contribution in [2.24, 2.45) is 0 Å². The fourth-order valence-electron chi connectivity index (χ4n) is 3.15. The van der Waals surface area contributed by atoms with Crippen LogP contribution in [0.2, 0.25) is 0 Å². The Morgan fingerprint density at radius 3 is 2.73 bits per heavy atom. The van der Waals surface area contributed by atoms with Gasteiger partial charge in [-0.05, 0) is 44.3 Å². The average Bonchev–Trinajstić information content (AvgIpc) is 3.07. The fourth-order valence-corrected chi connectivity index (χ4v) is 3.15. The van der Waals surface area contributed by atoms with Crippen molar-refractivity contribution < 1.29 is 9.15 Å². The largest absolute Gasteiger partial charge is 0.490 e. The summed E-state index contributed by atoms with van der Waals surface area (Å²) in [7, 11) is 4.07. The second-order valence-electron chi connectivity index (χ2n) is 7.23. The van der Waals surface area contributed by atoms with E-state index in [-0.39, 0.29) is 0 Å². The predicted octanol–water partition coefficient (Wildman–Crippen LogP) is 2.83. The highest BCUT2D eigenvalue weighted by Gasteiger charge is 2.11. The van der Waals surface area contributed by atoms with Crippen LogP contribution in [0.15, 0.2) is 64.2 Å². The monoisotopic (exact) mass is 405 g/mol.